The number of benzene rings is 2. The number of nitrogens with one attached hydrogen (secondary N) is 1. The summed E-state index contributed by atoms with van der Waals surface area (Å²) < 4.78 is 13.3. The van der Waals surface area contributed by atoms with Crippen molar-refractivity contribution in [1.29, 1.82) is 5.41 Å². The summed E-state index contributed by atoms with van der Waals surface area (Å²) in [5, 5.41) is 18.6. The minimum atomic E-state index is -0.400. The van der Waals surface area contributed by atoms with E-state index < -0.39 is 5.82 Å². The average molecular weight is 369 g/mol. The van der Waals surface area contributed by atoms with Crippen LogP contribution in [0.4, 0.5) is 15.8 Å². The third-order valence-electron chi connectivity index (χ3n) is 5.38. The van der Waals surface area contributed by atoms with Gasteiger partial charge in [-0.1, -0.05) is 25.5 Å². The highest BCUT2D eigenvalue weighted by atomic mass is 19.1. The van der Waals surface area contributed by atoms with Gasteiger partial charge in [0.2, 0.25) is 0 Å². The second-order valence-corrected chi connectivity index (χ2v) is 7.48. The number of hydrogen-bond acceptors (Lipinski definition) is 4. The van der Waals surface area contributed by atoms with Crippen molar-refractivity contribution in [3.05, 3.63) is 59.4 Å². The Bertz CT molecular complexity index is 806. The van der Waals surface area contributed by atoms with Gasteiger partial charge < -0.3 is 15.7 Å². The van der Waals surface area contributed by atoms with E-state index in [1.807, 2.05) is 24.3 Å². The van der Waals surface area contributed by atoms with Crippen LogP contribution < -0.4 is 10.6 Å². The number of anilines is 2. The number of hydrogen-bond donors (Lipinski definition) is 3. The van der Waals surface area contributed by atoms with E-state index in [2.05, 4.69) is 18.7 Å². The van der Waals surface area contributed by atoms with E-state index in [0.717, 1.165) is 36.9 Å². The minimum absolute atomic E-state index is 0.235. The maximum Gasteiger partial charge on any atom is 0.125 e. The number of nitrogen functional groups attached to an aromatic ring is 1. The molecule has 0 amide bonds. The monoisotopic (exact) mass is 369 g/mol. The molecule has 3 atom stereocenters. The standard InChI is InChI=1S/C22H28FN3O/c1-3-4-18-13-19(27)11-14(2)26(18)17-8-5-15(6-9-17)22(25)20-10-7-16(23)12-21(20)24/h5-10,12,14,18-19,25,27H,3-4,11,13,24H2,1-2H3. The first-order chi connectivity index (χ1) is 12.9. The van der Waals surface area contributed by atoms with Crippen molar-refractivity contribution in [3.63, 3.8) is 0 Å². The Kier molecular flexibility index (Phi) is 5.80. The van der Waals surface area contributed by atoms with Gasteiger partial charge in [-0.25, -0.2) is 4.39 Å². The molecular formula is C22H28FN3O. The molecule has 144 valence electrons. The van der Waals surface area contributed by atoms with Crippen molar-refractivity contribution >= 4 is 17.1 Å². The molecule has 1 aliphatic rings. The summed E-state index contributed by atoms with van der Waals surface area (Å²) in [6.07, 6.45) is 3.45. The first-order valence-electron chi connectivity index (χ1n) is 9.61. The average Bonchev–Trinajstić information content (AvgIpc) is 2.61. The molecule has 4 nitrogen and oxygen atoms in total. The molecule has 0 saturated carbocycles. The number of aliphatic hydroxyl groups is 1. The fraction of sp³-hybridized carbons (Fsp3) is 0.409. The van der Waals surface area contributed by atoms with Crippen LogP contribution in [0.2, 0.25) is 0 Å². The van der Waals surface area contributed by atoms with Gasteiger partial charge in [0.05, 0.1) is 11.8 Å². The van der Waals surface area contributed by atoms with Gasteiger partial charge in [-0.3, -0.25) is 5.41 Å². The molecule has 3 rings (SSSR count). The highest BCUT2D eigenvalue weighted by Crippen LogP contribution is 2.32. The largest absolute Gasteiger partial charge is 0.398 e. The number of piperidine rings is 1. The second-order valence-electron chi connectivity index (χ2n) is 7.48. The van der Waals surface area contributed by atoms with Gasteiger partial charge in [-0.2, -0.15) is 0 Å². The molecule has 27 heavy (non-hydrogen) atoms. The second kappa shape index (κ2) is 8.09. The highest BCUT2D eigenvalue weighted by molar-refractivity contribution is 6.13. The molecule has 2 aromatic carbocycles. The molecule has 0 spiro atoms. The van der Waals surface area contributed by atoms with E-state index in [1.54, 1.807) is 6.07 Å². The van der Waals surface area contributed by atoms with Gasteiger partial charge in [0.25, 0.3) is 0 Å². The molecule has 1 aliphatic heterocycles. The molecule has 0 bridgehead atoms. The van der Waals surface area contributed by atoms with Crippen molar-refractivity contribution in [1.82, 2.24) is 0 Å². The van der Waals surface area contributed by atoms with E-state index in [1.165, 1.54) is 12.1 Å². The molecule has 5 heteroatoms. The van der Waals surface area contributed by atoms with Gasteiger partial charge in [-0.05, 0) is 56.5 Å². The van der Waals surface area contributed by atoms with Crippen LogP contribution in [0.1, 0.15) is 50.7 Å². The van der Waals surface area contributed by atoms with Crippen LogP contribution in [0, 0.1) is 11.2 Å². The summed E-state index contributed by atoms with van der Waals surface area (Å²) in [5.41, 5.74) is 8.81. The Morgan fingerprint density at radius 1 is 1.22 bits per heavy atom. The molecule has 0 radical (unpaired) electrons. The van der Waals surface area contributed by atoms with Gasteiger partial charge in [0, 0.05) is 34.6 Å². The normalized spacial score (nSPS) is 22.7. The molecule has 1 fully saturated rings. The Morgan fingerprint density at radius 2 is 1.93 bits per heavy atom. The Labute approximate surface area is 160 Å². The minimum Gasteiger partial charge on any atom is -0.398 e. The van der Waals surface area contributed by atoms with Crippen LogP contribution in [0.15, 0.2) is 42.5 Å². The summed E-state index contributed by atoms with van der Waals surface area (Å²) in [5.74, 6) is -0.400. The maximum atomic E-state index is 13.3. The van der Waals surface area contributed by atoms with E-state index in [4.69, 9.17) is 11.1 Å². The summed E-state index contributed by atoms with van der Waals surface area (Å²) in [4.78, 5) is 2.40. The van der Waals surface area contributed by atoms with E-state index in [0.29, 0.717) is 11.6 Å². The molecule has 3 unspecified atom stereocenters. The molecule has 1 saturated heterocycles. The van der Waals surface area contributed by atoms with Crippen molar-refractivity contribution in [2.75, 3.05) is 10.6 Å². The molecule has 4 N–H and O–H groups in total. The van der Waals surface area contributed by atoms with Crippen molar-refractivity contribution in [2.45, 2.75) is 57.7 Å². The number of halogens is 1. The van der Waals surface area contributed by atoms with Crippen molar-refractivity contribution in [3.8, 4) is 0 Å². The topological polar surface area (TPSA) is 73.3 Å². The molecular weight excluding hydrogens is 341 g/mol. The third kappa shape index (κ3) is 4.14. The van der Waals surface area contributed by atoms with Gasteiger partial charge in [-0.15, -0.1) is 0 Å². The van der Waals surface area contributed by atoms with Gasteiger partial charge >= 0.3 is 0 Å². The Hall–Kier alpha value is -2.40. The van der Waals surface area contributed by atoms with Crippen LogP contribution >= 0.6 is 0 Å². The molecule has 1 heterocycles. The molecule has 0 aromatic heterocycles. The van der Waals surface area contributed by atoms with E-state index >= 15 is 0 Å². The van der Waals surface area contributed by atoms with Gasteiger partial charge in [0.1, 0.15) is 5.82 Å². The van der Waals surface area contributed by atoms with Gasteiger partial charge in [0.15, 0.2) is 0 Å². The lowest BCUT2D eigenvalue weighted by atomic mass is 9.90. The summed E-state index contributed by atoms with van der Waals surface area (Å²) >= 11 is 0. The van der Waals surface area contributed by atoms with Crippen LogP contribution in [-0.4, -0.2) is 29.0 Å². The first kappa shape index (κ1) is 19.4. The fourth-order valence-electron chi connectivity index (χ4n) is 4.16. The number of nitrogens with zero attached hydrogens (tertiary/aromatic N) is 1. The molecule has 2 aromatic rings. The highest BCUT2D eigenvalue weighted by Gasteiger charge is 2.32. The SMILES string of the molecule is CCCC1CC(O)CC(C)N1c1ccc(C(=N)c2ccc(F)cc2N)cc1. The predicted molar refractivity (Wildman–Crippen MR) is 109 cm³/mol. The number of nitrogens with two attached hydrogens (primary N) is 1. The maximum absolute atomic E-state index is 13.3. The summed E-state index contributed by atoms with van der Waals surface area (Å²) in [6, 6.07) is 12.6. The van der Waals surface area contributed by atoms with Crippen LogP contribution in [0.5, 0.6) is 0 Å². The van der Waals surface area contributed by atoms with Crippen LogP contribution in [0.3, 0.4) is 0 Å². The number of aliphatic hydroxyl groups excluding tert-OH is 1. The van der Waals surface area contributed by atoms with Crippen LogP contribution in [0.25, 0.3) is 0 Å². The number of rotatable bonds is 5. The fourth-order valence-corrected chi connectivity index (χ4v) is 4.16. The quantitative estimate of drug-likeness (QED) is 0.542. The lowest BCUT2D eigenvalue weighted by molar-refractivity contribution is 0.111. The Morgan fingerprint density at radius 3 is 2.56 bits per heavy atom. The lowest BCUT2D eigenvalue weighted by Gasteiger charge is -2.44. The first-order valence-corrected chi connectivity index (χ1v) is 9.61. The smallest absolute Gasteiger partial charge is 0.125 e. The zero-order chi connectivity index (χ0) is 19.6. The summed E-state index contributed by atoms with van der Waals surface area (Å²) in [7, 11) is 0. The van der Waals surface area contributed by atoms with E-state index in [-0.39, 0.29) is 23.5 Å². The summed E-state index contributed by atoms with van der Waals surface area (Å²) in [6.45, 7) is 4.32. The third-order valence-corrected chi connectivity index (χ3v) is 5.38. The van der Waals surface area contributed by atoms with Crippen molar-refractivity contribution in [2.24, 2.45) is 0 Å². The van der Waals surface area contributed by atoms with Crippen LogP contribution in [-0.2, 0) is 0 Å². The molecule has 0 aliphatic carbocycles. The zero-order valence-corrected chi connectivity index (χ0v) is 16.0. The van der Waals surface area contributed by atoms with Crippen molar-refractivity contribution < 1.29 is 9.50 Å². The Balaban J connectivity index is 1.84. The zero-order valence-electron chi connectivity index (χ0n) is 16.0. The van der Waals surface area contributed by atoms with E-state index in [9.17, 15) is 9.50 Å². The lowest BCUT2D eigenvalue weighted by Crippen LogP contribution is -2.49. The predicted octanol–water partition coefficient (Wildman–Crippen LogP) is 4.34.